The molecule has 2 amide bonds. The number of nitrogens with one attached hydrogen (secondary N) is 1. The van der Waals surface area contributed by atoms with Gasteiger partial charge < -0.3 is 14.7 Å². The van der Waals surface area contributed by atoms with Crippen LogP contribution in [0.15, 0.2) is 6.07 Å². The summed E-state index contributed by atoms with van der Waals surface area (Å²) in [5.74, 6) is -1.89. The van der Waals surface area contributed by atoms with Gasteiger partial charge in [0.1, 0.15) is 5.00 Å². The molecule has 2 heterocycles. The zero-order valence-electron chi connectivity index (χ0n) is 13.8. The van der Waals surface area contributed by atoms with E-state index in [-0.39, 0.29) is 19.2 Å². The molecule has 1 aliphatic heterocycles. The predicted molar refractivity (Wildman–Crippen MR) is 90.6 cm³/mol. The van der Waals surface area contributed by atoms with E-state index in [2.05, 4.69) is 5.32 Å². The Balaban J connectivity index is 2.11. The Kier molecular flexibility index (Phi) is 6.19. The Bertz CT molecular complexity index is 628. The van der Waals surface area contributed by atoms with Crippen molar-refractivity contribution in [2.45, 2.75) is 33.1 Å². The number of anilines is 1. The van der Waals surface area contributed by atoms with Crippen molar-refractivity contribution >= 4 is 34.3 Å². The number of hydrogen-bond acceptors (Lipinski definition) is 5. The topological polar surface area (TPSA) is 95.9 Å². The summed E-state index contributed by atoms with van der Waals surface area (Å²) in [6.07, 6.45) is 1.98. The molecule has 2 N–H and O–H groups in total. The van der Waals surface area contributed by atoms with Crippen LogP contribution in [-0.4, -0.2) is 47.7 Å². The van der Waals surface area contributed by atoms with Gasteiger partial charge in [-0.2, -0.15) is 0 Å². The molecule has 0 saturated carbocycles. The number of amides is 2. The molecule has 1 fully saturated rings. The number of carbonyl (C=O) groups is 3. The van der Waals surface area contributed by atoms with Gasteiger partial charge >= 0.3 is 18.0 Å². The number of urea groups is 1. The minimum Gasteiger partial charge on any atom is -0.481 e. The molecular weight excluding hydrogens is 332 g/mol. The fourth-order valence-corrected chi connectivity index (χ4v) is 3.58. The Morgan fingerprint density at radius 2 is 2.17 bits per heavy atom. The number of carboxylic acid groups (broad SMARTS) is 1. The van der Waals surface area contributed by atoms with Crippen LogP contribution in [-0.2, 0) is 16.0 Å². The van der Waals surface area contributed by atoms with Crippen molar-refractivity contribution < 1.29 is 24.2 Å². The summed E-state index contributed by atoms with van der Waals surface area (Å²) < 4.78 is 5.03. The number of nitrogens with zero attached hydrogens (tertiary/aromatic N) is 1. The summed E-state index contributed by atoms with van der Waals surface area (Å²) >= 11 is 1.34. The maximum Gasteiger partial charge on any atom is 0.341 e. The summed E-state index contributed by atoms with van der Waals surface area (Å²) in [4.78, 5) is 38.1. The second kappa shape index (κ2) is 8.14. The van der Waals surface area contributed by atoms with E-state index in [0.717, 1.165) is 11.3 Å². The minimum atomic E-state index is -0.885. The molecule has 24 heavy (non-hydrogen) atoms. The average molecular weight is 354 g/mol. The molecule has 0 bridgehead atoms. The van der Waals surface area contributed by atoms with Gasteiger partial charge in [0.2, 0.25) is 0 Å². The molecule has 1 aromatic rings. The van der Waals surface area contributed by atoms with E-state index in [1.54, 1.807) is 13.0 Å². The van der Waals surface area contributed by atoms with Crippen LogP contribution < -0.4 is 5.32 Å². The van der Waals surface area contributed by atoms with E-state index in [9.17, 15) is 14.4 Å². The maximum absolute atomic E-state index is 12.4. The van der Waals surface area contributed by atoms with Crippen LogP contribution in [0.3, 0.4) is 0 Å². The van der Waals surface area contributed by atoms with Crippen molar-refractivity contribution in [2.75, 3.05) is 25.0 Å². The fourth-order valence-electron chi connectivity index (χ4n) is 2.61. The van der Waals surface area contributed by atoms with E-state index in [4.69, 9.17) is 9.84 Å². The third-order valence-corrected chi connectivity index (χ3v) is 5.10. The van der Waals surface area contributed by atoms with Crippen molar-refractivity contribution in [3.8, 4) is 0 Å². The molecule has 7 nitrogen and oxygen atoms in total. The first kappa shape index (κ1) is 18.3. The van der Waals surface area contributed by atoms with Crippen LogP contribution in [0.25, 0.3) is 0 Å². The first-order chi connectivity index (χ1) is 11.5. The monoisotopic (exact) mass is 354 g/mol. The quantitative estimate of drug-likeness (QED) is 0.793. The Labute approximate surface area is 144 Å². The first-order valence-electron chi connectivity index (χ1n) is 8.04. The molecule has 1 saturated heterocycles. The molecule has 0 aliphatic carbocycles. The lowest BCUT2D eigenvalue weighted by atomic mass is 9.99. The van der Waals surface area contributed by atoms with Crippen LogP contribution in [0.1, 0.15) is 41.9 Å². The summed E-state index contributed by atoms with van der Waals surface area (Å²) in [6.45, 7) is 4.64. The highest BCUT2D eigenvalue weighted by Gasteiger charge is 2.29. The van der Waals surface area contributed by atoms with Crippen LogP contribution in [0.5, 0.6) is 0 Å². The van der Waals surface area contributed by atoms with Crippen LogP contribution >= 0.6 is 11.3 Å². The average Bonchev–Trinajstić information content (AvgIpc) is 2.98. The van der Waals surface area contributed by atoms with E-state index in [0.29, 0.717) is 30.0 Å². The van der Waals surface area contributed by atoms with Gasteiger partial charge in [-0.15, -0.1) is 11.3 Å². The zero-order chi connectivity index (χ0) is 17.7. The third-order valence-electron chi connectivity index (χ3n) is 3.91. The highest BCUT2D eigenvalue weighted by Crippen LogP contribution is 2.30. The summed E-state index contributed by atoms with van der Waals surface area (Å²) in [5.41, 5.74) is 0.346. The lowest BCUT2D eigenvalue weighted by molar-refractivity contribution is -0.143. The predicted octanol–water partition coefficient (Wildman–Crippen LogP) is 2.82. The SMILES string of the molecule is CCOC(=O)c1cc(CC)sc1NC(=O)N1CCCC(C(=O)O)C1. The number of rotatable bonds is 5. The molecule has 0 aromatic carbocycles. The first-order valence-corrected chi connectivity index (χ1v) is 8.86. The molecule has 1 atom stereocenters. The second-order valence-corrected chi connectivity index (χ2v) is 6.72. The minimum absolute atomic E-state index is 0.182. The number of esters is 1. The van der Waals surface area contributed by atoms with Crippen molar-refractivity contribution in [2.24, 2.45) is 5.92 Å². The second-order valence-electron chi connectivity index (χ2n) is 5.58. The lowest BCUT2D eigenvalue weighted by Gasteiger charge is -2.30. The maximum atomic E-state index is 12.4. The van der Waals surface area contributed by atoms with Gasteiger partial charge in [0.05, 0.1) is 18.1 Å². The van der Waals surface area contributed by atoms with Crippen LogP contribution in [0.4, 0.5) is 9.80 Å². The lowest BCUT2D eigenvalue weighted by Crippen LogP contribution is -2.44. The Hall–Kier alpha value is -2.09. The van der Waals surface area contributed by atoms with Gasteiger partial charge in [-0.25, -0.2) is 9.59 Å². The van der Waals surface area contributed by atoms with Crippen molar-refractivity contribution in [1.29, 1.82) is 0 Å². The number of carbonyl (C=O) groups excluding carboxylic acids is 2. The van der Waals surface area contributed by atoms with Crippen molar-refractivity contribution in [3.05, 3.63) is 16.5 Å². The molecule has 1 unspecified atom stereocenters. The number of aryl methyl sites for hydroxylation is 1. The normalized spacial score (nSPS) is 17.4. The number of carboxylic acids is 1. The van der Waals surface area contributed by atoms with E-state index < -0.39 is 17.9 Å². The van der Waals surface area contributed by atoms with Crippen molar-refractivity contribution in [1.82, 2.24) is 4.90 Å². The van der Waals surface area contributed by atoms with E-state index in [1.165, 1.54) is 16.2 Å². The Morgan fingerprint density at radius 1 is 1.42 bits per heavy atom. The van der Waals surface area contributed by atoms with Gasteiger partial charge in [-0.1, -0.05) is 6.92 Å². The molecule has 2 rings (SSSR count). The number of likely N-dealkylation sites (tertiary alicyclic amines) is 1. The van der Waals surface area contributed by atoms with Gasteiger partial charge in [-0.3, -0.25) is 10.1 Å². The van der Waals surface area contributed by atoms with Gasteiger partial charge in [0, 0.05) is 18.0 Å². The van der Waals surface area contributed by atoms with Crippen LogP contribution in [0.2, 0.25) is 0 Å². The van der Waals surface area contributed by atoms with Crippen molar-refractivity contribution in [3.63, 3.8) is 0 Å². The van der Waals surface area contributed by atoms with E-state index in [1.807, 2.05) is 6.92 Å². The number of aliphatic carboxylic acids is 1. The molecule has 1 aliphatic rings. The molecule has 0 radical (unpaired) electrons. The number of ether oxygens (including phenoxy) is 1. The highest BCUT2D eigenvalue weighted by atomic mass is 32.1. The van der Waals surface area contributed by atoms with Gasteiger partial charge in [0.15, 0.2) is 0 Å². The molecule has 132 valence electrons. The Morgan fingerprint density at radius 3 is 2.79 bits per heavy atom. The van der Waals surface area contributed by atoms with Crippen LogP contribution in [0, 0.1) is 5.92 Å². The van der Waals surface area contributed by atoms with E-state index >= 15 is 0 Å². The smallest absolute Gasteiger partial charge is 0.341 e. The molecule has 1 aromatic heterocycles. The molecule has 0 spiro atoms. The zero-order valence-corrected chi connectivity index (χ0v) is 14.6. The molecule has 8 heteroatoms. The van der Waals surface area contributed by atoms with Gasteiger partial charge in [0.25, 0.3) is 0 Å². The standard InChI is InChI=1S/C16H22N2O5S/c1-3-11-8-12(15(21)23-4-2)13(24-11)17-16(22)18-7-5-6-10(9-18)14(19)20/h8,10H,3-7,9H2,1-2H3,(H,17,22)(H,19,20). The third kappa shape index (κ3) is 4.25. The summed E-state index contributed by atoms with van der Waals surface area (Å²) in [7, 11) is 0. The fraction of sp³-hybridized carbons (Fsp3) is 0.562. The number of piperidine rings is 1. The molecular formula is C16H22N2O5S. The van der Waals surface area contributed by atoms with Gasteiger partial charge in [-0.05, 0) is 32.3 Å². The highest BCUT2D eigenvalue weighted by molar-refractivity contribution is 7.16. The summed E-state index contributed by atoms with van der Waals surface area (Å²) in [5, 5.41) is 12.3. The summed E-state index contributed by atoms with van der Waals surface area (Å²) in [6, 6.07) is 1.35. The largest absolute Gasteiger partial charge is 0.481 e. The number of thiophene rings is 1. The number of hydrogen-bond donors (Lipinski definition) is 2.